The lowest BCUT2D eigenvalue weighted by atomic mass is 10.2. The second-order valence-electron chi connectivity index (χ2n) is 8.57. The number of pyridine rings is 1. The first-order chi connectivity index (χ1) is 16.7. The number of morpholine rings is 1. The first kappa shape index (κ1) is 22.3. The van der Waals surface area contributed by atoms with Crippen LogP contribution in [0.1, 0.15) is 11.4 Å². The van der Waals surface area contributed by atoms with Crippen LogP contribution in [0.2, 0.25) is 0 Å². The summed E-state index contributed by atoms with van der Waals surface area (Å²) in [6, 6.07) is 11.2. The predicted octanol–water partition coefficient (Wildman–Crippen LogP) is 1.18. The van der Waals surface area contributed by atoms with Gasteiger partial charge in [0.1, 0.15) is 11.6 Å². The lowest BCUT2D eigenvalue weighted by Crippen LogP contribution is -2.51. The third kappa shape index (κ3) is 5.18. The summed E-state index contributed by atoms with van der Waals surface area (Å²) in [6.07, 6.45) is 1.79. The van der Waals surface area contributed by atoms with Gasteiger partial charge >= 0.3 is 6.03 Å². The number of H-pyrrole nitrogens is 1. The third-order valence-corrected chi connectivity index (χ3v) is 6.28. The molecule has 2 saturated heterocycles. The van der Waals surface area contributed by atoms with Crippen LogP contribution in [0, 0.1) is 0 Å². The molecule has 0 unspecified atom stereocenters. The van der Waals surface area contributed by atoms with Gasteiger partial charge in [0.25, 0.3) is 5.56 Å². The maximum atomic E-state index is 12.7. The van der Waals surface area contributed by atoms with Crippen molar-refractivity contribution in [3.05, 3.63) is 64.3 Å². The van der Waals surface area contributed by atoms with Crippen molar-refractivity contribution in [3.63, 3.8) is 0 Å². The summed E-state index contributed by atoms with van der Waals surface area (Å²) in [4.78, 5) is 43.2. The summed E-state index contributed by atoms with van der Waals surface area (Å²) >= 11 is 0. The van der Waals surface area contributed by atoms with Gasteiger partial charge in [-0.15, -0.1) is 0 Å². The first-order valence-electron chi connectivity index (χ1n) is 11.7. The number of carbonyl (C=O) groups excluding carboxylic acids is 1. The molecule has 2 aromatic heterocycles. The van der Waals surface area contributed by atoms with Gasteiger partial charge in [-0.25, -0.2) is 14.8 Å². The zero-order valence-corrected chi connectivity index (χ0v) is 19.1. The Hall–Kier alpha value is -3.50. The molecule has 5 rings (SSSR count). The number of hydrogen-bond acceptors (Lipinski definition) is 7. The van der Waals surface area contributed by atoms with Crippen LogP contribution in [-0.2, 0) is 17.8 Å². The standard InChI is InChI=1S/C24H29N7O3/c32-23-19-3-1-2-4-20(19)27-21(28-23)17-29-7-9-31(10-8-29)24(33)26-16-18-5-6-25-22(15-18)30-11-13-34-14-12-30/h1-6,15H,7-14,16-17H2,(H,26,33)(H,27,28,32). The largest absolute Gasteiger partial charge is 0.378 e. The van der Waals surface area contributed by atoms with Gasteiger partial charge in [-0.1, -0.05) is 12.1 Å². The van der Waals surface area contributed by atoms with E-state index in [-0.39, 0.29) is 11.6 Å². The lowest BCUT2D eigenvalue weighted by molar-refractivity contribution is 0.122. The summed E-state index contributed by atoms with van der Waals surface area (Å²) in [5.41, 5.74) is 1.61. The molecule has 1 aromatic carbocycles. The fourth-order valence-corrected chi connectivity index (χ4v) is 4.36. The highest BCUT2D eigenvalue weighted by atomic mass is 16.5. The second kappa shape index (κ2) is 10.2. The Morgan fingerprint density at radius 1 is 1.06 bits per heavy atom. The number of nitrogens with one attached hydrogen (secondary N) is 2. The molecule has 2 amide bonds. The Balaban J connectivity index is 1.11. The van der Waals surface area contributed by atoms with Crippen LogP contribution in [0.5, 0.6) is 0 Å². The topological polar surface area (TPSA) is 107 Å². The molecule has 2 aliphatic heterocycles. The quantitative estimate of drug-likeness (QED) is 0.585. The molecule has 10 heteroatoms. The van der Waals surface area contributed by atoms with Gasteiger partial charge in [-0.3, -0.25) is 9.69 Å². The van der Waals surface area contributed by atoms with Gasteiger partial charge in [0.15, 0.2) is 0 Å². The number of urea groups is 1. The van der Waals surface area contributed by atoms with E-state index in [1.54, 1.807) is 12.3 Å². The molecule has 2 N–H and O–H groups in total. The molecule has 4 heterocycles. The number of aromatic amines is 1. The van der Waals surface area contributed by atoms with E-state index in [0.717, 1.165) is 37.6 Å². The van der Waals surface area contributed by atoms with Gasteiger partial charge in [0, 0.05) is 52.0 Å². The Morgan fingerprint density at radius 3 is 2.68 bits per heavy atom. The molecule has 0 bridgehead atoms. The monoisotopic (exact) mass is 463 g/mol. The molecule has 178 valence electrons. The van der Waals surface area contributed by atoms with E-state index < -0.39 is 0 Å². The number of anilines is 1. The molecule has 0 spiro atoms. The average molecular weight is 464 g/mol. The smallest absolute Gasteiger partial charge is 0.317 e. The number of ether oxygens (including phenoxy) is 1. The summed E-state index contributed by atoms with van der Waals surface area (Å²) in [7, 11) is 0. The zero-order chi connectivity index (χ0) is 23.3. The number of amides is 2. The van der Waals surface area contributed by atoms with Crippen LogP contribution in [0.3, 0.4) is 0 Å². The van der Waals surface area contributed by atoms with E-state index in [4.69, 9.17) is 4.74 Å². The Bertz CT molecular complexity index is 1200. The van der Waals surface area contributed by atoms with Crippen molar-refractivity contribution in [2.75, 3.05) is 57.4 Å². The summed E-state index contributed by atoms with van der Waals surface area (Å²) in [6.45, 7) is 6.78. The number of fused-ring (bicyclic) bond motifs is 1. The number of benzene rings is 1. The molecule has 34 heavy (non-hydrogen) atoms. The second-order valence-corrected chi connectivity index (χ2v) is 8.57. The number of rotatable bonds is 5. The number of nitrogens with zero attached hydrogens (tertiary/aromatic N) is 5. The summed E-state index contributed by atoms with van der Waals surface area (Å²) in [5, 5.41) is 3.62. The predicted molar refractivity (Wildman–Crippen MR) is 129 cm³/mol. The number of aromatic nitrogens is 3. The summed E-state index contributed by atoms with van der Waals surface area (Å²) in [5.74, 6) is 1.57. The van der Waals surface area contributed by atoms with Gasteiger partial charge in [0.05, 0.1) is 30.7 Å². The van der Waals surface area contributed by atoms with Crippen molar-refractivity contribution in [2.24, 2.45) is 0 Å². The number of hydrogen-bond donors (Lipinski definition) is 2. The Morgan fingerprint density at radius 2 is 1.85 bits per heavy atom. The highest BCUT2D eigenvalue weighted by Crippen LogP contribution is 2.15. The van der Waals surface area contributed by atoms with E-state index in [9.17, 15) is 9.59 Å². The van der Waals surface area contributed by atoms with Gasteiger partial charge in [-0.2, -0.15) is 0 Å². The lowest BCUT2D eigenvalue weighted by Gasteiger charge is -2.34. The number of para-hydroxylation sites is 1. The minimum absolute atomic E-state index is 0.0679. The van der Waals surface area contributed by atoms with E-state index in [1.807, 2.05) is 35.2 Å². The molecule has 10 nitrogen and oxygen atoms in total. The van der Waals surface area contributed by atoms with E-state index in [0.29, 0.717) is 56.1 Å². The normalized spacial score (nSPS) is 17.2. The minimum Gasteiger partial charge on any atom is -0.378 e. The molecule has 2 aliphatic rings. The van der Waals surface area contributed by atoms with Crippen LogP contribution in [-0.4, -0.2) is 83.3 Å². The first-order valence-corrected chi connectivity index (χ1v) is 11.7. The number of carbonyl (C=O) groups is 1. The third-order valence-electron chi connectivity index (χ3n) is 6.28. The van der Waals surface area contributed by atoms with Crippen molar-refractivity contribution >= 4 is 22.8 Å². The average Bonchev–Trinajstić information content (AvgIpc) is 2.88. The Kier molecular flexibility index (Phi) is 6.68. The molecule has 2 fully saturated rings. The SMILES string of the molecule is O=C(NCc1ccnc(N2CCOCC2)c1)N1CCN(Cc2nc3ccccc3c(=O)[nH]2)CC1. The van der Waals surface area contributed by atoms with E-state index in [2.05, 4.69) is 30.1 Å². The minimum atomic E-state index is -0.119. The fourth-order valence-electron chi connectivity index (χ4n) is 4.36. The van der Waals surface area contributed by atoms with Gasteiger partial charge in [-0.05, 0) is 29.8 Å². The molecule has 0 radical (unpaired) electrons. The van der Waals surface area contributed by atoms with Crippen LogP contribution < -0.4 is 15.8 Å². The molecular formula is C24H29N7O3. The van der Waals surface area contributed by atoms with E-state index in [1.165, 1.54) is 0 Å². The molecule has 3 aromatic rings. The molecular weight excluding hydrogens is 434 g/mol. The summed E-state index contributed by atoms with van der Waals surface area (Å²) < 4.78 is 5.41. The van der Waals surface area contributed by atoms with Crippen LogP contribution in [0.4, 0.5) is 10.6 Å². The number of piperazine rings is 1. The van der Waals surface area contributed by atoms with E-state index >= 15 is 0 Å². The highest BCUT2D eigenvalue weighted by molar-refractivity contribution is 5.77. The van der Waals surface area contributed by atoms with Crippen molar-refractivity contribution < 1.29 is 9.53 Å². The van der Waals surface area contributed by atoms with Crippen molar-refractivity contribution in [1.82, 2.24) is 30.1 Å². The van der Waals surface area contributed by atoms with Gasteiger partial charge in [0.2, 0.25) is 0 Å². The highest BCUT2D eigenvalue weighted by Gasteiger charge is 2.22. The van der Waals surface area contributed by atoms with Crippen LogP contribution in [0.25, 0.3) is 10.9 Å². The zero-order valence-electron chi connectivity index (χ0n) is 19.1. The van der Waals surface area contributed by atoms with Gasteiger partial charge < -0.3 is 24.8 Å². The molecule has 0 saturated carbocycles. The van der Waals surface area contributed by atoms with Crippen molar-refractivity contribution in [1.29, 1.82) is 0 Å². The van der Waals surface area contributed by atoms with Crippen LogP contribution in [0.15, 0.2) is 47.4 Å². The Labute approximate surface area is 197 Å². The maximum absolute atomic E-state index is 12.7. The fraction of sp³-hybridized carbons (Fsp3) is 0.417. The molecule has 0 aliphatic carbocycles. The van der Waals surface area contributed by atoms with Crippen LogP contribution >= 0.6 is 0 Å². The van der Waals surface area contributed by atoms with Crippen molar-refractivity contribution in [2.45, 2.75) is 13.1 Å². The molecule has 0 atom stereocenters. The maximum Gasteiger partial charge on any atom is 0.317 e. The van der Waals surface area contributed by atoms with Crippen molar-refractivity contribution in [3.8, 4) is 0 Å².